The fourth-order valence-electron chi connectivity index (χ4n) is 3.29. The minimum absolute atomic E-state index is 0.114. The third kappa shape index (κ3) is 3.43. The summed E-state index contributed by atoms with van der Waals surface area (Å²) < 4.78 is 1.83. The Hall–Kier alpha value is -3.49. The predicted molar refractivity (Wildman–Crippen MR) is 94.7 cm³/mol. The zero-order valence-electron chi connectivity index (χ0n) is 14.6. The number of amides is 1. The van der Waals surface area contributed by atoms with Gasteiger partial charge in [0, 0.05) is 31.5 Å². The van der Waals surface area contributed by atoms with Crippen LogP contribution in [-0.2, 0) is 16.1 Å². The van der Waals surface area contributed by atoms with Crippen LogP contribution in [0, 0.1) is 10.1 Å². The van der Waals surface area contributed by atoms with Crippen molar-refractivity contribution in [2.45, 2.75) is 25.9 Å². The fraction of sp³-hybridized carbons (Fsp3) is 0.278. The lowest BCUT2D eigenvalue weighted by Crippen LogP contribution is -2.32. The van der Waals surface area contributed by atoms with E-state index in [0.29, 0.717) is 13.0 Å². The van der Waals surface area contributed by atoms with Gasteiger partial charge in [-0.1, -0.05) is 12.1 Å². The molecule has 1 atom stereocenters. The number of rotatable bonds is 7. The monoisotopic (exact) mass is 370 g/mol. The van der Waals surface area contributed by atoms with Gasteiger partial charge in [0.25, 0.3) is 11.6 Å². The number of carbonyl (C=O) groups excluding carboxylic acids is 2. The normalized spacial score (nSPS) is 16.9. The average molecular weight is 370 g/mol. The van der Waals surface area contributed by atoms with Gasteiger partial charge in [0.1, 0.15) is 0 Å². The topological polar surface area (TPSA) is 119 Å². The Morgan fingerprint density at radius 2 is 2.07 bits per heavy atom. The number of nitrogens with zero attached hydrogens (tertiary/aromatic N) is 4. The molecule has 1 aromatic carbocycles. The highest BCUT2D eigenvalue weighted by molar-refractivity contribution is 6.08. The quantitative estimate of drug-likeness (QED) is 0.589. The van der Waals surface area contributed by atoms with E-state index < -0.39 is 28.4 Å². The molecule has 1 amide bonds. The van der Waals surface area contributed by atoms with Gasteiger partial charge in [-0.25, -0.2) is 4.98 Å². The second-order valence-electron chi connectivity index (χ2n) is 6.19. The van der Waals surface area contributed by atoms with Gasteiger partial charge >= 0.3 is 0 Å². The van der Waals surface area contributed by atoms with Crippen LogP contribution in [-0.4, -0.2) is 42.7 Å². The molecule has 9 nitrogen and oxygen atoms in total. The number of aryl methyl sites for hydroxylation is 1. The Kier molecular flexibility index (Phi) is 5.02. The number of Topliss-reactive ketones (excluding diaryl/α,β-unsaturated/α-hetero) is 1. The maximum Gasteiger partial charge on any atom is 0.290 e. The molecule has 1 aliphatic heterocycles. The minimum atomic E-state index is -0.987. The Bertz CT molecular complexity index is 920. The Morgan fingerprint density at radius 1 is 1.33 bits per heavy atom. The van der Waals surface area contributed by atoms with Gasteiger partial charge < -0.3 is 14.6 Å². The third-order valence-corrected chi connectivity index (χ3v) is 4.49. The van der Waals surface area contributed by atoms with Crippen LogP contribution in [0.2, 0.25) is 0 Å². The third-order valence-electron chi connectivity index (χ3n) is 4.49. The number of nitro benzene ring substituents is 1. The molecule has 0 bridgehead atoms. The second kappa shape index (κ2) is 7.40. The molecule has 0 saturated carbocycles. The van der Waals surface area contributed by atoms with E-state index in [0.717, 1.165) is 0 Å². The molecule has 1 N–H and O–H groups in total. The molecular weight excluding hydrogens is 352 g/mol. The zero-order chi connectivity index (χ0) is 19.6. The molecule has 0 radical (unpaired) electrons. The average Bonchev–Trinajstić information content (AvgIpc) is 3.23. The maximum absolute atomic E-state index is 12.6. The molecule has 0 unspecified atom stereocenters. The number of aromatic nitrogens is 2. The summed E-state index contributed by atoms with van der Waals surface area (Å²) in [7, 11) is 0. The standard InChI is InChI=1S/C18H18N4O5/c1-12(23)15-16(13-5-2-3-6-14(13)22(26)27)21(18(25)17(15)24)9-4-8-20-10-7-19-11-20/h2-3,5-7,10-11,16,24H,4,8-9H2,1H3/t16-/m1/s1. The summed E-state index contributed by atoms with van der Waals surface area (Å²) in [6, 6.07) is 4.94. The van der Waals surface area contributed by atoms with Crippen LogP contribution in [0.3, 0.4) is 0 Å². The largest absolute Gasteiger partial charge is 0.503 e. The molecule has 2 heterocycles. The molecule has 1 aliphatic rings. The molecule has 27 heavy (non-hydrogen) atoms. The summed E-state index contributed by atoms with van der Waals surface area (Å²) >= 11 is 0. The lowest BCUT2D eigenvalue weighted by atomic mass is 9.95. The number of hydrogen-bond donors (Lipinski definition) is 1. The summed E-state index contributed by atoms with van der Waals surface area (Å²) in [4.78, 5) is 40.8. The molecular formula is C18H18N4O5. The van der Waals surface area contributed by atoms with Crippen molar-refractivity contribution in [3.05, 3.63) is 70.0 Å². The van der Waals surface area contributed by atoms with Gasteiger partial charge in [-0.3, -0.25) is 19.7 Å². The predicted octanol–water partition coefficient (Wildman–Crippen LogP) is 2.17. The summed E-state index contributed by atoms with van der Waals surface area (Å²) in [5.41, 5.74) is -0.118. The van der Waals surface area contributed by atoms with Crippen molar-refractivity contribution in [3.63, 3.8) is 0 Å². The van der Waals surface area contributed by atoms with E-state index in [4.69, 9.17) is 0 Å². The van der Waals surface area contributed by atoms with Gasteiger partial charge in [-0.2, -0.15) is 0 Å². The highest BCUT2D eigenvalue weighted by Gasteiger charge is 2.44. The molecule has 0 fully saturated rings. The van der Waals surface area contributed by atoms with Gasteiger partial charge in [0.05, 0.1) is 28.4 Å². The van der Waals surface area contributed by atoms with Crippen LogP contribution in [0.15, 0.2) is 54.3 Å². The molecule has 0 spiro atoms. The van der Waals surface area contributed by atoms with Crippen LogP contribution in [0.25, 0.3) is 0 Å². The summed E-state index contributed by atoms with van der Waals surface area (Å²) in [6.07, 6.45) is 5.58. The second-order valence-corrected chi connectivity index (χ2v) is 6.19. The SMILES string of the molecule is CC(=O)C1=C(O)C(=O)N(CCCn2ccnc2)[C@@H]1c1ccccc1[N+](=O)[O-]. The number of carbonyl (C=O) groups is 2. The van der Waals surface area contributed by atoms with Crippen molar-refractivity contribution in [1.29, 1.82) is 0 Å². The Morgan fingerprint density at radius 3 is 2.70 bits per heavy atom. The molecule has 1 aromatic heterocycles. The van der Waals surface area contributed by atoms with Gasteiger partial charge in [0.15, 0.2) is 11.5 Å². The van der Waals surface area contributed by atoms with Crippen molar-refractivity contribution in [3.8, 4) is 0 Å². The van der Waals surface area contributed by atoms with Crippen molar-refractivity contribution in [2.24, 2.45) is 0 Å². The van der Waals surface area contributed by atoms with Crippen LogP contribution < -0.4 is 0 Å². The molecule has 140 valence electrons. The molecule has 2 aromatic rings. The summed E-state index contributed by atoms with van der Waals surface area (Å²) in [5, 5.41) is 21.6. The van der Waals surface area contributed by atoms with Crippen molar-refractivity contribution < 1.29 is 19.6 Å². The zero-order valence-corrected chi connectivity index (χ0v) is 14.6. The molecule has 0 saturated heterocycles. The van der Waals surface area contributed by atoms with Crippen molar-refractivity contribution >= 4 is 17.4 Å². The highest BCUT2D eigenvalue weighted by Crippen LogP contribution is 2.41. The number of aliphatic hydroxyl groups excluding tert-OH is 1. The Balaban J connectivity index is 1.95. The number of para-hydroxylation sites is 1. The van der Waals surface area contributed by atoms with Crippen LogP contribution in [0.4, 0.5) is 5.69 Å². The number of aliphatic hydroxyl groups is 1. The van der Waals surface area contributed by atoms with Gasteiger partial charge in [-0.05, 0) is 19.4 Å². The number of imidazole rings is 1. The van der Waals surface area contributed by atoms with Crippen LogP contribution >= 0.6 is 0 Å². The number of benzene rings is 1. The van der Waals surface area contributed by atoms with Gasteiger partial charge in [-0.15, -0.1) is 0 Å². The minimum Gasteiger partial charge on any atom is -0.503 e. The molecule has 3 rings (SSSR count). The first-order valence-electron chi connectivity index (χ1n) is 8.36. The highest BCUT2D eigenvalue weighted by atomic mass is 16.6. The smallest absolute Gasteiger partial charge is 0.290 e. The van der Waals surface area contributed by atoms with Crippen molar-refractivity contribution in [1.82, 2.24) is 14.5 Å². The van der Waals surface area contributed by atoms with Crippen molar-refractivity contribution in [2.75, 3.05) is 6.54 Å². The van der Waals surface area contributed by atoms with E-state index in [-0.39, 0.29) is 23.4 Å². The summed E-state index contributed by atoms with van der Waals surface area (Å²) in [6.45, 7) is 2.02. The van der Waals surface area contributed by atoms with Gasteiger partial charge in [0.2, 0.25) is 0 Å². The summed E-state index contributed by atoms with van der Waals surface area (Å²) in [5.74, 6) is -1.84. The van der Waals surface area contributed by atoms with E-state index in [1.165, 1.54) is 30.0 Å². The Labute approximate surface area is 154 Å². The number of nitro groups is 1. The van der Waals surface area contributed by atoms with E-state index in [1.807, 2.05) is 4.57 Å². The maximum atomic E-state index is 12.6. The first kappa shape index (κ1) is 18.3. The lowest BCUT2D eigenvalue weighted by molar-refractivity contribution is -0.385. The van der Waals surface area contributed by atoms with E-state index in [9.17, 15) is 24.8 Å². The van der Waals surface area contributed by atoms with E-state index in [2.05, 4.69) is 4.98 Å². The van der Waals surface area contributed by atoms with Crippen LogP contribution in [0.5, 0.6) is 0 Å². The molecule has 0 aliphatic carbocycles. The lowest BCUT2D eigenvalue weighted by Gasteiger charge is -2.26. The fourth-order valence-corrected chi connectivity index (χ4v) is 3.29. The first-order valence-corrected chi connectivity index (χ1v) is 8.36. The van der Waals surface area contributed by atoms with E-state index in [1.54, 1.807) is 24.8 Å². The first-order chi connectivity index (χ1) is 12.9. The van der Waals surface area contributed by atoms with Crippen LogP contribution in [0.1, 0.15) is 24.9 Å². The molecule has 9 heteroatoms. The van der Waals surface area contributed by atoms with E-state index >= 15 is 0 Å². The number of ketones is 1. The number of hydrogen-bond acceptors (Lipinski definition) is 6.